The second kappa shape index (κ2) is 8.15. The Hall–Kier alpha value is -1.59. The summed E-state index contributed by atoms with van der Waals surface area (Å²) in [6.07, 6.45) is 1.05. The Morgan fingerprint density at radius 1 is 1.23 bits per heavy atom. The Morgan fingerprint density at radius 3 is 2.68 bits per heavy atom. The molecule has 0 spiro atoms. The van der Waals surface area contributed by atoms with E-state index in [4.69, 9.17) is 16.3 Å². The van der Waals surface area contributed by atoms with Gasteiger partial charge in [-0.1, -0.05) is 19.9 Å². The predicted molar refractivity (Wildman–Crippen MR) is 92.0 cm³/mol. The number of benzene rings is 1. The van der Waals surface area contributed by atoms with Crippen molar-refractivity contribution in [3.63, 3.8) is 0 Å². The third kappa shape index (κ3) is 3.99. The second-order valence-electron chi connectivity index (χ2n) is 5.00. The summed E-state index contributed by atoms with van der Waals surface area (Å²) in [4.78, 5) is 11.0. The van der Waals surface area contributed by atoms with E-state index in [0.29, 0.717) is 5.75 Å². The summed E-state index contributed by atoms with van der Waals surface area (Å²) in [6.45, 7) is 8.43. The third-order valence-electron chi connectivity index (χ3n) is 3.72. The average Bonchev–Trinajstić information content (AvgIpc) is 2.54. The molecule has 0 atom stereocenters. The number of nitrogens with zero attached hydrogens (tertiary/aromatic N) is 3. The maximum absolute atomic E-state index is 6.03. The predicted octanol–water partition coefficient (Wildman–Crippen LogP) is 3.44. The van der Waals surface area contributed by atoms with Crippen LogP contribution in [0.25, 0.3) is 10.9 Å². The summed E-state index contributed by atoms with van der Waals surface area (Å²) in [6, 6.07) is 5.77. The number of ether oxygens (including phenoxy) is 1. The van der Waals surface area contributed by atoms with Gasteiger partial charge in [0.05, 0.1) is 7.11 Å². The molecule has 1 heterocycles. The van der Waals surface area contributed by atoms with Crippen LogP contribution in [0.5, 0.6) is 5.75 Å². The molecule has 0 radical (unpaired) electrons. The number of aromatic nitrogens is 2. The molecule has 5 nitrogen and oxygen atoms in total. The van der Waals surface area contributed by atoms with Gasteiger partial charge in [-0.15, -0.1) is 0 Å². The molecule has 2 aromatic rings. The van der Waals surface area contributed by atoms with Gasteiger partial charge in [0.1, 0.15) is 17.1 Å². The number of methoxy groups -OCH3 is 1. The zero-order valence-corrected chi connectivity index (χ0v) is 14.2. The number of fused-ring (bicyclic) bond motifs is 1. The van der Waals surface area contributed by atoms with E-state index < -0.39 is 0 Å². The number of hydrogen-bond donors (Lipinski definition) is 1. The van der Waals surface area contributed by atoms with Gasteiger partial charge in [0.25, 0.3) is 0 Å². The monoisotopic (exact) mass is 322 g/mol. The van der Waals surface area contributed by atoms with Gasteiger partial charge in [0.15, 0.2) is 0 Å². The minimum absolute atomic E-state index is 0.225. The lowest BCUT2D eigenvalue weighted by molar-refractivity contribution is 0.303. The highest BCUT2D eigenvalue weighted by Gasteiger charge is 2.10. The molecule has 1 aromatic heterocycles. The molecule has 0 saturated heterocycles. The van der Waals surface area contributed by atoms with Crippen LogP contribution in [-0.4, -0.2) is 48.2 Å². The fraction of sp³-hybridized carbons (Fsp3) is 0.500. The number of halogens is 1. The van der Waals surface area contributed by atoms with Crippen LogP contribution in [0.1, 0.15) is 20.3 Å². The second-order valence-corrected chi connectivity index (χ2v) is 5.34. The highest BCUT2D eigenvalue weighted by atomic mass is 35.5. The number of nitrogens with one attached hydrogen (secondary N) is 1. The van der Waals surface area contributed by atoms with Crippen LogP contribution < -0.4 is 10.1 Å². The first-order valence-electron chi connectivity index (χ1n) is 7.66. The zero-order chi connectivity index (χ0) is 15.9. The average molecular weight is 323 g/mol. The molecule has 0 aliphatic heterocycles. The lowest BCUT2D eigenvalue weighted by Gasteiger charge is -2.18. The number of anilines is 1. The van der Waals surface area contributed by atoms with E-state index >= 15 is 0 Å². The molecule has 0 amide bonds. The van der Waals surface area contributed by atoms with Gasteiger partial charge in [-0.25, -0.2) is 9.97 Å². The van der Waals surface area contributed by atoms with Gasteiger partial charge in [0, 0.05) is 11.9 Å². The van der Waals surface area contributed by atoms with Gasteiger partial charge < -0.3 is 15.0 Å². The topological polar surface area (TPSA) is 50.3 Å². The highest BCUT2D eigenvalue weighted by molar-refractivity contribution is 6.29. The maximum atomic E-state index is 6.03. The van der Waals surface area contributed by atoms with Crippen LogP contribution in [-0.2, 0) is 0 Å². The Labute approximate surface area is 136 Å². The Balaban J connectivity index is 2.11. The molecule has 1 aromatic carbocycles. The van der Waals surface area contributed by atoms with Crippen molar-refractivity contribution in [3.8, 4) is 5.75 Å². The quantitative estimate of drug-likeness (QED) is 0.596. The van der Waals surface area contributed by atoms with Crippen LogP contribution in [0.3, 0.4) is 0 Å². The third-order valence-corrected chi connectivity index (χ3v) is 3.89. The van der Waals surface area contributed by atoms with Crippen LogP contribution in [0.2, 0.25) is 5.28 Å². The van der Waals surface area contributed by atoms with Crippen molar-refractivity contribution in [1.82, 2.24) is 14.9 Å². The van der Waals surface area contributed by atoms with Crippen molar-refractivity contribution in [2.24, 2.45) is 0 Å². The van der Waals surface area contributed by atoms with Gasteiger partial charge in [-0.05, 0) is 49.8 Å². The summed E-state index contributed by atoms with van der Waals surface area (Å²) in [5, 5.41) is 4.51. The van der Waals surface area contributed by atoms with Crippen molar-refractivity contribution >= 4 is 28.3 Å². The number of hydrogen-bond acceptors (Lipinski definition) is 5. The van der Waals surface area contributed by atoms with Gasteiger partial charge in [0.2, 0.25) is 5.28 Å². The summed E-state index contributed by atoms with van der Waals surface area (Å²) < 4.78 is 5.34. The lowest BCUT2D eigenvalue weighted by atomic mass is 10.2. The SMILES string of the molecule is CCN(CC)CCCNc1nc(Cl)nc2c(OC)cccc12. The molecule has 120 valence electrons. The smallest absolute Gasteiger partial charge is 0.225 e. The van der Waals surface area contributed by atoms with Gasteiger partial charge in [-0.3, -0.25) is 0 Å². The Kier molecular flexibility index (Phi) is 6.21. The first-order chi connectivity index (χ1) is 10.7. The molecule has 2 rings (SSSR count). The highest BCUT2D eigenvalue weighted by Crippen LogP contribution is 2.29. The van der Waals surface area contributed by atoms with E-state index in [9.17, 15) is 0 Å². The van der Waals surface area contributed by atoms with E-state index in [0.717, 1.165) is 49.3 Å². The molecule has 0 saturated carbocycles. The Bertz CT molecular complexity index is 616. The number of rotatable bonds is 8. The summed E-state index contributed by atoms with van der Waals surface area (Å²) in [5.74, 6) is 1.46. The molecule has 0 aliphatic rings. The van der Waals surface area contributed by atoms with Crippen LogP contribution in [0, 0.1) is 0 Å². The molecular formula is C16H23ClN4O. The fourth-order valence-corrected chi connectivity index (χ4v) is 2.62. The van der Waals surface area contributed by atoms with Crippen molar-refractivity contribution < 1.29 is 4.74 Å². The molecule has 0 aliphatic carbocycles. The molecule has 0 unspecified atom stereocenters. The zero-order valence-electron chi connectivity index (χ0n) is 13.4. The largest absolute Gasteiger partial charge is 0.494 e. The molecule has 22 heavy (non-hydrogen) atoms. The van der Waals surface area contributed by atoms with E-state index in [1.54, 1.807) is 7.11 Å². The molecule has 0 bridgehead atoms. The van der Waals surface area contributed by atoms with Crippen LogP contribution in [0.15, 0.2) is 18.2 Å². The minimum Gasteiger partial charge on any atom is -0.494 e. The summed E-state index contributed by atoms with van der Waals surface area (Å²) in [7, 11) is 1.63. The van der Waals surface area contributed by atoms with E-state index in [1.165, 1.54) is 0 Å². The lowest BCUT2D eigenvalue weighted by Crippen LogP contribution is -2.25. The van der Waals surface area contributed by atoms with Crippen molar-refractivity contribution in [3.05, 3.63) is 23.5 Å². The fourth-order valence-electron chi connectivity index (χ4n) is 2.45. The standard InChI is InChI=1S/C16H23ClN4O/c1-4-21(5-2)11-7-10-18-15-12-8-6-9-13(22-3)14(12)19-16(17)20-15/h6,8-9H,4-5,7,10-11H2,1-3H3,(H,18,19,20). The molecule has 0 fully saturated rings. The summed E-state index contributed by atoms with van der Waals surface area (Å²) in [5.41, 5.74) is 0.733. The van der Waals surface area contributed by atoms with Crippen LogP contribution >= 0.6 is 11.6 Å². The van der Waals surface area contributed by atoms with Gasteiger partial charge >= 0.3 is 0 Å². The first kappa shape index (κ1) is 16.8. The van der Waals surface area contributed by atoms with Crippen LogP contribution in [0.4, 0.5) is 5.82 Å². The maximum Gasteiger partial charge on any atom is 0.225 e. The van der Waals surface area contributed by atoms with Crippen molar-refractivity contribution in [1.29, 1.82) is 0 Å². The van der Waals surface area contributed by atoms with Crippen molar-refractivity contribution in [2.75, 3.05) is 38.6 Å². The minimum atomic E-state index is 0.225. The molecule has 1 N–H and O–H groups in total. The molecular weight excluding hydrogens is 300 g/mol. The van der Waals surface area contributed by atoms with E-state index in [-0.39, 0.29) is 5.28 Å². The normalized spacial score (nSPS) is 11.1. The first-order valence-corrected chi connectivity index (χ1v) is 8.03. The van der Waals surface area contributed by atoms with Crippen molar-refractivity contribution in [2.45, 2.75) is 20.3 Å². The van der Waals surface area contributed by atoms with Gasteiger partial charge in [-0.2, -0.15) is 0 Å². The Morgan fingerprint density at radius 2 is 2.00 bits per heavy atom. The number of para-hydroxylation sites is 1. The van der Waals surface area contributed by atoms with E-state index in [1.807, 2.05) is 18.2 Å². The molecule has 6 heteroatoms. The van der Waals surface area contributed by atoms with E-state index in [2.05, 4.69) is 34.0 Å². The summed E-state index contributed by atoms with van der Waals surface area (Å²) >= 11 is 6.03.